The molecular weight excluding hydrogens is 237 g/mol. The minimum Gasteiger partial charge on any atom is -0.322 e. The average molecular weight is 252 g/mol. The molecule has 0 unspecified atom stereocenters. The summed E-state index contributed by atoms with van der Waals surface area (Å²) in [5, 5.41) is 0. The number of hydrogen-bond acceptors (Lipinski definition) is 1. The van der Waals surface area contributed by atoms with Crippen molar-refractivity contribution in [2.75, 3.05) is 6.67 Å². The van der Waals surface area contributed by atoms with E-state index in [1.54, 1.807) is 0 Å². The van der Waals surface area contributed by atoms with Crippen molar-refractivity contribution in [3.8, 4) is 11.1 Å². The molecule has 0 heterocycles. The van der Waals surface area contributed by atoms with E-state index >= 15 is 0 Å². The first-order valence-electron chi connectivity index (χ1n) is 5.28. The zero-order valence-electron chi connectivity index (χ0n) is 9.34. The maximum Gasteiger partial charge on any atom is 0.109 e. The van der Waals surface area contributed by atoms with Gasteiger partial charge in [-0.05, 0) is 22.8 Å². The molecule has 0 aliphatic heterocycles. The van der Waals surface area contributed by atoms with Crippen LogP contribution >= 0.6 is 12.4 Å². The lowest BCUT2D eigenvalue weighted by atomic mass is 10.0. The summed E-state index contributed by atoms with van der Waals surface area (Å²) in [4.78, 5) is 0. The normalized spacial score (nSPS) is 11.6. The van der Waals surface area contributed by atoms with E-state index in [-0.39, 0.29) is 12.4 Å². The van der Waals surface area contributed by atoms with Gasteiger partial charge in [0.2, 0.25) is 0 Å². The fourth-order valence-corrected chi connectivity index (χ4v) is 1.67. The summed E-state index contributed by atoms with van der Waals surface area (Å²) in [6.07, 6.45) is 0. The molecule has 2 aromatic carbocycles. The second kappa shape index (κ2) is 6.38. The predicted molar refractivity (Wildman–Crippen MR) is 72.0 cm³/mol. The third-order valence-electron chi connectivity index (χ3n) is 2.59. The van der Waals surface area contributed by atoms with Gasteiger partial charge >= 0.3 is 0 Å². The van der Waals surface area contributed by atoms with Gasteiger partial charge in [0.25, 0.3) is 0 Å². The number of alkyl halides is 1. The van der Waals surface area contributed by atoms with Crippen molar-refractivity contribution < 1.29 is 4.39 Å². The molecule has 3 heteroatoms. The van der Waals surface area contributed by atoms with Gasteiger partial charge in [-0.1, -0.05) is 48.5 Å². The van der Waals surface area contributed by atoms with Crippen molar-refractivity contribution in [1.29, 1.82) is 0 Å². The van der Waals surface area contributed by atoms with Crippen LogP contribution in [0.4, 0.5) is 4.39 Å². The van der Waals surface area contributed by atoms with Crippen LogP contribution in [0.3, 0.4) is 0 Å². The molecule has 0 aromatic heterocycles. The third kappa shape index (κ3) is 3.29. The van der Waals surface area contributed by atoms with E-state index in [9.17, 15) is 4.39 Å². The number of benzene rings is 2. The Balaban J connectivity index is 0.00000144. The van der Waals surface area contributed by atoms with Gasteiger partial charge in [0.1, 0.15) is 6.67 Å². The van der Waals surface area contributed by atoms with Crippen LogP contribution in [0.1, 0.15) is 11.6 Å². The zero-order chi connectivity index (χ0) is 11.4. The number of hydrogen-bond donors (Lipinski definition) is 1. The molecule has 0 amide bonds. The summed E-state index contributed by atoms with van der Waals surface area (Å²) in [7, 11) is 0. The minimum absolute atomic E-state index is 0. The lowest BCUT2D eigenvalue weighted by Crippen LogP contribution is -2.11. The van der Waals surface area contributed by atoms with Gasteiger partial charge in [-0.25, -0.2) is 4.39 Å². The highest BCUT2D eigenvalue weighted by Gasteiger charge is 2.06. The van der Waals surface area contributed by atoms with Crippen molar-refractivity contribution >= 4 is 12.4 Å². The van der Waals surface area contributed by atoms with Crippen LogP contribution in [0.15, 0.2) is 54.6 Å². The Morgan fingerprint density at radius 3 is 2.24 bits per heavy atom. The molecule has 1 nitrogen and oxygen atoms in total. The highest BCUT2D eigenvalue weighted by atomic mass is 35.5. The molecule has 0 aliphatic carbocycles. The number of rotatable bonds is 3. The van der Waals surface area contributed by atoms with E-state index in [0.29, 0.717) is 0 Å². The Bertz CT molecular complexity index is 459. The van der Waals surface area contributed by atoms with Gasteiger partial charge in [0.05, 0.1) is 6.04 Å². The lowest BCUT2D eigenvalue weighted by Gasteiger charge is -2.09. The molecule has 1 atom stereocenters. The third-order valence-corrected chi connectivity index (χ3v) is 2.59. The maximum absolute atomic E-state index is 12.5. The number of halogens is 2. The molecule has 0 bridgehead atoms. The van der Waals surface area contributed by atoms with Gasteiger partial charge in [0, 0.05) is 0 Å². The summed E-state index contributed by atoms with van der Waals surface area (Å²) in [6, 6.07) is 17.2. The van der Waals surface area contributed by atoms with Crippen LogP contribution in [-0.2, 0) is 0 Å². The molecule has 0 saturated heterocycles. The predicted octanol–water partition coefficient (Wildman–Crippen LogP) is 3.74. The molecule has 0 saturated carbocycles. The molecule has 2 N–H and O–H groups in total. The standard InChI is InChI=1S/C14H14FN.ClH/c15-10-14(16)13-8-4-7-12(9-13)11-5-2-1-3-6-11;/h1-9,14H,10,16H2;1H/t14-;/m0./s1. The first-order valence-corrected chi connectivity index (χ1v) is 5.28. The Morgan fingerprint density at radius 2 is 1.59 bits per heavy atom. The lowest BCUT2D eigenvalue weighted by molar-refractivity contribution is 0.437. The summed E-state index contributed by atoms with van der Waals surface area (Å²) in [5.41, 5.74) is 8.70. The van der Waals surface area contributed by atoms with Crippen molar-refractivity contribution in [3.63, 3.8) is 0 Å². The molecule has 0 fully saturated rings. The SMILES string of the molecule is Cl.N[C@@H](CF)c1cccc(-c2ccccc2)c1. The van der Waals surface area contributed by atoms with Crippen LogP contribution in [0.2, 0.25) is 0 Å². The molecule has 2 rings (SSSR count). The van der Waals surface area contributed by atoms with E-state index in [1.165, 1.54) is 0 Å². The van der Waals surface area contributed by atoms with Gasteiger partial charge in [-0.3, -0.25) is 0 Å². The summed E-state index contributed by atoms with van der Waals surface area (Å²) >= 11 is 0. The fraction of sp³-hybridized carbons (Fsp3) is 0.143. The largest absolute Gasteiger partial charge is 0.322 e. The van der Waals surface area contributed by atoms with Gasteiger partial charge in [0.15, 0.2) is 0 Å². The minimum atomic E-state index is -0.530. The molecule has 2 aromatic rings. The van der Waals surface area contributed by atoms with E-state index in [0.717, 1.165) is 16.7 Å². The summed E-state index contributed by atoms with van der Waals surface area (Å²) < 4.78 is 12.5. The van der Waals surface area contributed by atoms with Crippen LogP contribution < -0.4 is 5.73 Å². The van der Waals surface area contributed by atoms with Crippen LogP contribution in [0.5, 0.6) is 0 Å². The Morgan fingerprint density at radius 1 is 0.941 bits per heavy atom. The Hall–Kier alpha value is -1.38. The maximum atomic E-state index is 12.5. The highest BCUT2D eigenvalue weighted by molar-refractivity contribution is 5.85. The topological polar surface area (TPSA) is 26.0 Å². The Kier molecular flexibility index (Phi) is 5.13. The van der Waals surface area contributed by atoms with E-state index in [1.807, 2.05) is 54.6 Å². The van der Waals surface area contributed by atoms with E-state index in [2.05, 4.69) is 0 Å². The average Bonchev–Trinajstić information content (AvgIpc) is 2.39. The molecular formula is C14H15ClFN. The van der Waals surface area contributed by atoms with Crippen molar-refractivity contribution in [1.82, 2.24) is 0 Å². The van der Waals surface area contributed by atoms with Crippen molar-refractivity contribution in [2.45, 2.75) is 6.04 Å². The van der Waals surface area contributed by atoms with Crippen molar-refractivity contribution in [3.05, 3.63) is 60.2 Å². The quantitative estimate of drug-likeness (QED) is 0.884. The molecule has 0 radical (unpaired) electrons. The zero-order valence-corrected chi connectivity index (χ0v) is 10.2. The molecule has 90 valence electrons. The van der Waals surface area contributed by atoms with Gasteiger partial charge < -0.3 is 5.73 Å². The molecule has 0 spiro atoms. The number of nitrogens with two attached hydrogens (primary N) is 1. The highest BCUT2D eigenvalue weighted by Crippen LogP contribution is 2.22. The molecule has 0 aliphatic rings. The first-order chi connectivity index (χ1) is 7.81. The van der Waals surface area contributed by atoms with Crippen LogP contribution in [-0.4, -0.2) is 6.67 Å². The van der Waals surface area contributed by atoms with Gasteiger partial charge in [-0.2, -0.15) is 0 Å². The molecule has 17 heavy (non-hydrogen) atoms. The Labute approximate surface area is 107 Å². The smallest absolute Gasteiger partial charge is 0.109 e. The second-order valence-electron chi connectivity index (χ2n) is 3.75. The van der Waals surface area contributed by atoms with E-state index in [4.69, 9.17) is 5.73 Å². The van der Waals surface area contributed by atoms with E-state index < -0.39 is 12.7 Å². The summed E-state index contributed by atoms with van der Waals surface area (Å²) in [5.74, 6) is 0. The van der Waals surface area contributed by atoms with Crippen LogP contribution in [0, 0.1) is 0 Å². The monoisotopic (exact) mass is 251 g/mol. The van der Waals surface area contributed by atoms with Crippen LogP contribution in [0.25, 0.3) is 11.1 Å². The van der Waals surface area contributed by atoms with Crippen molar-refractivity contribution in [2.24, 2.45) is 5.73 Å². The summed E-state index contributed by atoms with van der Waals surface area (Å²) in [6.45, 7) is -0.530. The fourth-order valence-electron chi connectivity index (χ4n) is 1.67. The first kappa shape index (κ1) is 13.7. The second-order valence-corrected chi connectivity index (χ2v) is 3.75. The van der Waals surface area contributed by atoms with Gasteiger partial charge in [-0.15, -0.1) is 12.4 Å².